The van der Waals surface area contributed by atoms with Crippen molar-refractivity contribution in [1.82, 2.24) is 9.78 Å². The minimum atomic E-state index is -4.14. The zero-order valence-corrected chi connectivity index (χ0v) is 11.8. The first-order valence-electron chi connectivity index (χ1n) is 7.03. The smallest absolute Gasteiger partial charge is 0.389 e. The summed E-state index contributed by atoms with van der Waals surface area (Å²) in [5.74, 6) is -1.27. The molecule has 2 rings (SSSR count). The van der Waals surface area contributed by atoms with Crippen molar-refractivity contribution in [2.45, 2.75) is 63.8 Å². The molecule has 1 aliphatic carbocycles. The SMILES string of the molecule is CC(C)n1ccc(CC2(O)CCC(C(F)(F)F)CC2)n1. The molecule has 6 heteroatoms. The average Bonchev–Trinajstić information content (AvgIpc) is 2.76. The molecule has 0 spiro atoms. The van der Waals surface area contributed by atoms with Crippen molar-refractivity contribution in [2.24, 2.45) is 5.92 Å². The second kappa shape index (κ2) is 5.39. The van der Waals surface area contributed by atoms with Gasteiger partial charge in [-0.1, -0.05) is 0 Å². The van der Waals surface area contributed by atoms with E-state index in [2.05, 4.69) is 5.10 Å². The molecular weight excluding hydrogens is 269 g/mol. The summed E-state index contributed by atoms with van der Waals surface area (Å²) in [4.78, 5) is 0. The Morgan fingerprint density at radius 1 is 1.40 bits per heavy atom. The third kappa shape index (κ3) is 3.53. The lowest BCUT2D eigenvalue weighted by molar-refractivity contribution is -0.192. The van der Waals surface area contributed by atoms with Crippen LogP contribution >= 0.6 is 0 Å². The van der Waals surface area contributed by atoms with Crippen molar-refractivity contribution in [1.29, 1.82) is 0 Å². The van der Waals surface area contributed by atoms with Crippen LogP contribution < -0.4 is 0 Å². The molecule has 0 atom stereocenters. The Kier molecular flexibility index (Phi) is 4.14. The quantitative estimate of drug-likeness (QED) is 0.925. The number of rotatable bonds is 3. The molecule has 1 N–H and O–H groups in total. The van der Waals surface area contributed by atoms with Crippen LogP contribution in [0.5, 0.6) is 0 Å². The molecule has 1 heterocycles. The lowest BCUT2D eigenvalue weighted by Crippen LogP contribution is -2.40. The van der Waals surface area contributed by atoms with Crippen molar-refractivity contribution in [2.75, 3.05) is 0 Å². The number of aromatic nitrogens is 2. The summed E-state index contributed by atoms with van der Waals surface area (Å²) in [7, 11) is 0. The van der Waals surface area contributed by atoms with E-state index in [0.717, 1.165) is 5.69 Å². The van der Waals surface area contributed by atoms with Gasteiger partial charge in [-0.25, -0.2) is 0 Å². The van der Waals surface area contributed by atoms with Gasteiger partial charge in [0.1, 0.15) is 0 Å². The highest BCUT2D eigenvalue weighted by atomic mass is 19.4. The van der Waals surface area contributed by atoms with Gasteiger partial charge in [0.25, 0.3) is 0 Å². The van der Waals surface area contributed by atoms with Crippen molar-refractivity contribution >= 4 is 0 Å². The first-order chi connectivity index (χ1) is 9.20. The van der Waals surface area contributed by atoms with Crippen LogP contribution in [0.25, 0.3) is 0 Å². The summed E-state index contributed by atoms with van der Waals surface area (Å²) in [5.41, 5.74) is -0.301. The fraction of sp³-hybridized carbons (Fsp3) is 0.786. The van der Waals surface area contributed by atoms with E-state index in [4.69, 9.17) is 0 Å². The highest BCUT2D eigenvalue weighted by Crippen LogP contribution is 2.42. The van der Waals surface area contributed by atoms with Crippen molar-refractivity contribution < 1.29 is 18.3 Å². The largest absolute Gasteiger partial charge is 0.391 e. The summed E-state index contributed by atoms with van der Waals surface area (Å²) in [6, 6.07) is 2.06. The molecule has 1 aliphatic rings. The molecule has 0 unspecified atom stereocenters. The highest BCUT2D eigenvalue weighted by molar-refractivity contribution is 5.05. The number of aliphatic hydroxyl groups is 1. The Labute approximate surface area is 116 Å². The number of alkyl halides is 3. The first-order valence-corrected chi connectivity index (χ1v) is 7.03. The van der Waals surface area contributed by atoms with Crippen LogP contribution in [0.2, 0.25) is 0 Å². The molecular formula is C14H21F3N2O. The molecule has 0 aromatic carbocycles. The summed E-state index contributed by atoms with van der Waals surface area (Å²) in [5, 5.41) is 14.8. The lowest BCUT2D eigenvalue weighted by atomic mass is 9.76. The molecule has 1 aromatic rings. The topological polar surface area (TPSA) is 38.0 Å². The molecule has 1 aromatic heterocycles. The zero-order chi connectivity index (χ0) is 15.0. The Morgan fingerprint density at radius 3 is 2.45 bits per heavy atom. The van der Waals surface area contributed by atoms with Crippen LogP contribution in [0, 0.1) is 5.92 Å². The van der Waals surface area contributed by atoms with Crippen LogP contribution in [0.1, 0.15) is 51.3 Å². The van der Waals surface area contributed by atoms with Gasteiger partial charge in [-0.2, -0.15) is 18.3 Å². The molecule has 0 amide bonds. The summed E-state index contributed by atoms with van der Waals surface area (Å²) >= 11 is 0. The van der Waals surface area contributed by atoms with Crippen LogP contribution in [0.4, 0.5) is 13.2 Å². The van der Waals surface area contributed by atoms with Gasteiger partial charge in [-0.15, -0.1) is 0 Å². The van der Waals surface area contributed by atoms with E-state index in [9.17, 15) is 18.3 Å². The van der Waals surface area contributed by atoms with E-state index in [1.54, 1.807) is 4.68 Å². The molecule has 0 saturated heterocycles. The van der Waals surface area contributed by atoms with Crippen LogP contribution in [-0.4, -0.2) is 26.7 Å². The summed E-state index contributed by atoms with van der Waals surface area (Å²) in [6.07, 6.45) is -1.59. The maximum Gasteiger partial charge on any atom is 0.391 e. The number of halogens is 3. The van der Waals surface area contributed by atoms with Gasteiger partial charge >= 0.3 is 6.18 Å². The average molecular weight is 290 g/mol. The van der Waals surface area contributed by atoms with Gasteiger partial charge in [0, 0.05) is 18.7 Å². The van der Waals surface area contributed by atoms with E-state index in [1.165, 1.54) is 0 Å². The fourth-order valence-electron chi connectivity index (χ4n) is 2.76. The van der Waals surface area contributed by atoms with Crippen molar-refractivity contribution in [3.05, 3.63) is 18.0 Å². The predicted molar refractivity (Wildman–Crippen MR) is 69.3 cm³/mol. The molecule has 0 radical (unpaired) electrons. The molecule has 20 heavy (non-hydrogen) atoms. The van der Waals surface area contributed by atoms with E-state index >= 15 is 0 Å². The third-order valence-corrected chi connectivity index (χ3v) is 4.08. The zero-order valence-electron chi connectivity index (χ0n) is 11.8. The summed E-state index contributed by atoms with van der Waals surface area (Å²) < 4.78 is 39.6. The van der Waals surface area contributed by atoms with Crippen LogP contribution in [0.3, 0.4) is 0 Å². The molecule has 3 nitrogen and oxygen atoms in total. The third-order valence-electron chi connectivity index (χ3n) is 4.08. The Bertz CT molecular complexity index is 446. The number of hydrogen-bond acceptors (Lipinski definition) is 2. The highest BCUT2D eigenvalue weighted by Gasteiger charge is 2.45. The molecule has 114 valence electrons. The number of hydrogen-bond donors (Lipinski definition) is 1. The van der Waals surface area contributed by atoms with Gasteiger partial charge < -0.3 is 5.11 Å². The van der Waals surface area contributed by atoms with E-state index in [-0.39, 0.29) is 31.7 Å². The molecule has 1 fully saturated rings. The first kappa shape index (κ1) is 15.4. The normalized spacial score (nSPS) is 28.1. The Balaban J connectivity index is 1.96. The van der Waals surface area contributed by atoms with E-state index < -0.39 is 17.7 Å². The Hall–Kier alpha value is -1.04. The minimum absolute atomic E-state index is 0.00485. The lowest BCUT2D eigenvalue weighted by Gasteiger charge is -2.36. The monoisotopic (exact) mass is 290 g/mol. The van der Waals surface area contributed by atoms with Crippen molar-refractivity contribution in [3.8, 4) is 0 Å². The Morgan fingerprint density at radius 2 is 2.00 bits per heavy atom. The van der Waals surface area contributed by atoms with Crippen molar-refractivity contribution in [3.63, 3.8) is 0 Å². The van der Waals surface area contributed by atoms with Gasteiger partial charge in [0.2, 0.25) is 0 Å². The second-order valence-electron chi connectivity index (χ2n) is 6.10. The second-order valence-corrected chi connectivity index (χ2v) is 6.10. The molecule has 0 bridgehead atoms. The summed E-state index contributed by atoms with van der Waals surface area (Å²) in [6.45, 7) is 4.00. The predicted octanol–water partition coefficient (Wildman–Crippen LogP) is 3.49. The maximum atomic E-state index is 12.6. The minimum Gasteiger partial charge on any atom is -0.389 e. The maximum absolute atomic E-state index is 12.6. The van der Waals surface area contributed by atoms with Crippen LogP contribution in [0.15, 0.2) is 12.3 Å². The standard InChI is InChI=1S/C14H21F3N2O/c1-10(2)19-8-5-12(18-19)9-13(20)6-3-11(4-7-13)14(15,16)17/h5,8,10-11,20H,3-4,6-7,9H2,1-2H3. The van der Waals surface area contributed by atoms with Gasteiger partial charge in [-0.05, 0) is 45.6 Å². The van der Waals surface area contributed by atoms with Gasteiger partial charge in [0.05, 0.1) is 17.2 Å². The van der Waals surface area contributed by atoms with E-state index in [1.807, 2.05) is 26.1 Å². The van der Waals surface area contributed by atoms with Crippen LogP contribution in [-0.2, 0) is 6.42 Å². The van der Waals surface area contributed by atoms with Gasteiger partial charge in [-0.3, -0.25) is 4.68 Å². The molecule has 1 saturated carbocycles. The van der Waals surface area contributed by atoms with Gasteiger partial charge in [0.15, 0.2) is 0 Å². The fourth-order valence-corrected chi connectivity index (χ4v) is 2.76. The van der Waals surface area contributed by atoms with E-state index in [0.29, 0.717) is 6.42 Å². The number of nitrogens with zero attached hydrogens (tertiary/aromatic N) is 2. The molecule has 0 aliphatic heterocycles.